The number of carboxylic acid groups (broad SMARTS) is 2. The van der Waals surface area contributed by atoms with Gasteiger partial charge in [-0.05, 0) is 87.8 Å². The Hall–Kier alpha value is -2.71. The van der Waals surface area contributed by atoms with Gasteiger partial charge in [0.05, 0.1) is 47.1 Å². The lowest BCUT2D eigenvalue weighted by molar-refractivity contribution is -0.929. The number of hydrogen-bond acceptors (Lipinski definition) is 4. The lowest BCUT2D eigenvalue weighted by Gasteiger charge is -2.40. The quantitative estimate of drug-likeness (QED) is 0.0566. The van der Waals surface area contributed by atoms with E-state index < -0.39 is 21.8 Å². The van der Waals surface area contributed by atoms with Crippen LogP contribution in [0, 0.1) is 0 Å². The van der Waals surface area contributed by atoms with Gasteiger partial charge in [0.1, 0.15) is 0 Å². The van der Waals surface area contributed by atoms with Crippen LogP contribution in [-0.2, 0) is 9.84 Å². The minimum atomic E-state index is -4.03. The predicted molar refractivity (Wildman–Crippen MR) is 225 cm³/mol. The average Bonchev–Trinajstić information content (AvgIpc) is 3.17. The number of benzene rings is 2. The summed E-state index contributed by atoms with van der Waals surface area (Å²) in [7, 11) is -4.03. The minimum Gasteiger partial charge on any atom is -0.478 e. The molecule has 0 radical (unpaired) electrons. The predicted octanol–water partition coefficient (Wildman–Crippen LogP) is 13.2. The van der Waals surface area contributed by atoms with Gasteiger partial charge >= 0.3 is 11.9 Å². The summed E-state index contributed by atoms with van der Waals surface area (Å²) in [6.45, 7) is 15.3. The second-order valence-corrected chi connectivity index (χ2v) is 17.4. The van der Waals surface area contributed by atoms with Crippen molar-refractivity contribution < 1.29 is 32.7 Å². The second kappa shape index (κ2) is 30.5. The molecule has 0 unspecified atom stereocenters. The van der Waals surface area contributed by atoms with Crippen molar-refractivity contribution in [3.05, 3.63) is 59.7 Å². The molecule has 0 saturated heterocycles. The highest BCUT2D eigenvalue weighted by Gasteiger charge is 2.26. The van der Waals surface area contributed by atoms with E-state index >= 15 is 0 Å². The van der Waals surface area contributed by atoms with Crippen LogP contribution in [0.1, 0.15) is 203 Å². The van der Waals surface area contributed by atoms with Gasteiger partial charge in [0.2, 0.25) is 9.84 Å². The van der Waals surface area contributed by atoms with E-state index in [-0.39, 0.29) is 20.9 Å². The number of aromatic carboxylic acids is 2. The van der Waals surface area contributed by atoms with E-state index in [1.54, 1.807) is 0 Å². The molecule has 0 atom stereocenters. The highest BCUT2D eigenvalue weighted by Crippen LogP contribution is 2.25. The van der Waals surface area contributed by atoms with Crippen molar-refractivity contribution in [3.8, 4) is 0 Å². The van der Waals surface area contributed by atoms with Crippen molar-refractivity contribution in [2.45, 2.75) is 192 Å². The van der Waals surface area contributed by atoms with Crippen molar-refractivity contribution in [1.29, 1.82) is 0 Å². The summed E-state index contributed by atoms with van der Waals surface area (Å²) >= 11 is 0. The third kappa shape index (κ3) is 20.8. The Balaban J connectivity index is 0.000000591. The number of carboxylic acids is 2. The summed E-state index contributed by atoms with van der Waals surface area (Å²) in [6.07, 6.45) is 34.8. The number of rotatable bonds is 32. The maximum Gasteiger partial charge on any atom is 0.337 e. The molecule has 0 aliphatic carbocycles. The first-order valence-corrected chi connectivity index (χ1v) is 23.3. The molecule has 0 saturated carbocycles. The van der Waals surface area contributed by atoms with Gasteiger partial charge in [-0.3, -0.25) is 0 Å². The molecule has 2 aromatic carbocycles. The summed E-state index contributed by atoms with van der Waals surface area (Å²) < 4.78 is 26.3. The summed E-state index contributed by atoms with van der Waals surface area (Å²) in [5, 5.41) is 17.8. The van der Waals surface area contributed by atoms with Crippen molar-refractivity contribution in [1.82, 2.24) is 0 Å². The van der Waals surface area contributed by atoms with E-state index in [0.717, 1.165) is 24.3 Å². The fraction of sp³-hybridized carbons (Fsp3) is 0.696. The Kier molecular flexibility index (Phi) is 27.9. The summed E-state index contributed by atoms with van der Waals surface area (Å²) in [5.74, 6) is -2.53. The van der Waals surface area contributed by atoms with Crippen LogP contribution in [0.2, 0.25) is 0 Å². The first-order valence-electron chi connectivity index (χ1n) is 21.8. The van der Waals surface area contributed by atoms with Crippen LogP contribution in [0.15, 0.2) is 58.3 Å². The van der Waals surface area contributed by atoms with Gasteiger partial charge in [0, 0.05) is 0 Å². The molecule has 2 aromatic rings. The molecular formula is C46H78NO6S+. The van der Waals surface area contributed by atoms with Crippen LogP contribution in [0.25, 0.3) is 0 Å². The zero-order valence-electron chi connectivity index (χ0n) is 34.8. The molecule has 0 aliphatic rings. The molecule has 0 amide bonds. The van der Waals surface area contributed by atoms with Crippen molar-refractivity contribution in [2.24, 2.45) is 0 Å². The Morgan fingerprint density at radius 1 is 0.463 bits per heavy atom. The van der Waals surface area contributed by atoms with Gasteiger partial charge in [0.15, 0.2) is 0 Å². The van der Waals surface area contributed by atoms with Crippen LogP contribution >= 0.6 is 0 Å². The Morgan fingerprint density at radius 3 is 1.13 bits per heavy atom. The number of nitrogens with zero attached hydrogens (tertiary/aromatic N) is 1. The largest absolute Gasteiger partial charge is 0.478 e. The summed E-state index contributed by atoms with van der Waals surface area (Å²) in [6, 6.07) is 9.82. The smallest absolute Gasteiger partial charge is 0.337 e. The van der Waals surface area contributed by atoms with Crippen LogP contribution in [0.4, 0.5) is 0 Å². The van der Waals surface area contributed by atoms with E-state index in [1.807, 2.05) is 0 Å². The van der Waals surface area contributed by atoms with Gasteiger partial charge in [0.25, 0.3) is 0 Å². The number of sulfone groups is 1. The lowest BCUT2D eigenvalue weighted by Crippen LogP contribution is -2.50. The maximum absolute atomic E-state index is 12.4. The fourth-order valence-corrected chi connectivity index (χ4v) is 8.81. The van der Waals surface area contributed by atoms with Gasteiger partial charge in [-0.1, -0.05) is 143 Å². The van der Waals surface area contributed by atoms with Crippen molar-refractivity contribution in [2.75, 3.05) is 26.2 Å². The SMILES string of the molecule is CCCCCCCC[N+](CCCCCCCC)(CCCCCCCC)CCCCCCCC.O=C(O)c1ccc(S(=O)(=O)c2ccccc2C(=O)O)cc1. The molecule has 54 heavy (non-hydrogen) atoms. The van der Waals surface area contributed by atoms with Crippen LogP contribution in [0.3, 0.4) is 0 Å². The molecule has 8 heteroatoms. The normalized spacial score (nSPS) is 11.6. The molecule has 0 spiro atoms. The van der Waals surface area contributed by atoms with Crippen LogP contribution in [0.5, 0.6) is 0 Å². The van der Waals surface area contributed by atoms with Crippen LogP contribution < -0.4 is 0 Å². The second-order valence-electron chi connectivity index (χ2n) is 15.4. The third-order valence-electron chi connectivity index (χ3n) is 10.8. The van der Waals surface area contributed by atoms with Crippen LogP contribution in [-0.4, -0.2) is 61.2 Å². The van der Waals surface area contributed by atoms with E-state index in [4.69, 9.17) is 10.2 Å². The van der Waals surface area contributed by atoms with E-state index in [1.165, 1.54) is 209 Å². The fourth-order valence-electron chi connectivity index (χ4n) is 7.36. The molecule has 0 aromatic heterocycles. The zero-order chi connectivity index (χ0) is 39.9. The number of hydrogen-bond donors (Lipinski definition) is 2. The highest BCUT2D eigenvalue weighted by atomic mass is 32.2. The highest BCUT2D eigenvalue weighted by molar-refractivity contribution is 7.91. The standard InChI is InChI=1S/C32H68N.C14H10O6S/c1-5-9-13-17-21-25-29-33(30-26-22-18-14-10-6-2,31-27-23-19-15-11-7-3)32-28-24-20-16-12-8-4;15-13(16)9-5-7-10(8-6-9)21(19,20)12-4-2-1-3-11(12)14(17)18/h5-32H2,1-4H3;1-8H,(H,15,16)(H,17,18)/q+1;. The maximum atomic E-state index is 12.4. The molecule has 0 bridgehead atoms. The van der Waals surface area contributed by atoms with Crippen molar-refractivity contribution >= 4 is 21.8 Å². The Morgan fingerprint density at radius 2 is 0.796 bits per heavy atom. The summed E-state index contributed by atoms with van der Waals surface area (Å²) in [4.78, 5) is 21.4. The molecule has 0 fully saturated rings. The molecule has 0 heterocycles. The molecule has 2 rings (SSSR count). The van der Waals surface area contributed by atoms with Gasteiger partial charge in [-0.25, -0.2) is 18.0 Å². The molecule has 308 valence electrons. The first-order chi connectivity index (χ1) is 26.1. The third-order valence-corrected chi connectivity index (χ3v) is 12.6. The van der Waals surface area contributed by atoms with Crippen molar-refractivity contribution in [3.63, 3.8) is 0 Å². The molecular weight excluding hydrogens is 695 g/mol. The first kappa shape index (κ1) is 49.3. The number of carbonyl (C=O) groups is 2. The van der Waals surface area contributed by atoms with E-state index in [2.05, 4.69) is 27.7 Å². The molecule has 2 N–H and O–H groups in total. The molecule has 0 aliphatic heterocycles. The van der Waals surface area contributed by atoms with Gasteiger partial charge < -0.3 is 14.7 Å². The number of unbranched alkanes of at least 4 members (excludes halogenated alkanes) is 20. The summed E-state index contributed by atoms with van der Waals surface area (Å²) in [5.41, 5.74) is -0.389. The monoisotopic (exact) mass is 773 g/mol. The van der Waals surface area contributed by atoms with E-state index in [9.17, 15) is 18.0 Å². The Labute approximate surface area is 330 Å². The topological polar surface area (TPSA) is 109 Å². The molecule has 7 nitrogen and oxygen atoms in total. The number of quaternary nitrogens is 1. The van der Waals surface area contributed by atoms with Gasteiger partial charge in [-0.15, -0.1) is 0 Å². The van der Waals surface area contributed by atoms with Gasteiger partial charge in [-0.2, -0.15) is 0 Å². The lowest BCUT2D eigenvalue weighted by atomic mass is 10.0. The Bertz CT molecular complexity index is 1290. The average molecular weight is 773 g/mol. The zero-order valence-corrected chi connectivity index (χ0v) is 35.6. The van der Waals surface area contributed by atoms with E-state index in [0.29, 0.717) is 0 Å². The minimum absolute atomic E-state index is 0.0551.